The lowest BCUT2D eigenvalue weighted by Crippen LogP contribution is -2.42. The van der Waals surface area contributed by atoms with Gasteiger partial charge in [0.15, 0.2) is 5.69 Å². The number of aromatic nitrogens is 2. The van der Waals surface area contributed by atoms with Crippen LogP contribution in [-0.4, -0.2) is 56.8 Å². The number of likely N-dealkylation sites (tertiary alicyclic amines) is 1. The molecule has 0 radical (unpaired) electrons. The summed E-state index contributed by atoms with van der Waals surface area (Å²) in [5.74, 6) is -1.14. The molecule has 2 aromatic rings. The minimum atomic E-state index is -1.04. The van der Waals surface area contributed by atoms with Crippen molar-refractivity contribution < 1.29 is 29.0 Å². The number of piperidine rings is 1. The molecular weight excluding hydrogens is 414 g/mol. The second kappa shape index (κ2) is 9.42. The molecule has 1 fully saturated rings. The van der Waals surface area contributed by atoms with Crippen molar-refractivity contribution >= 4 is 18.0 Å². The summed E-state index contributed by atoms with van der Waals surface area (Å²) in [4.78, 5) is 46.0. The Labute approximate surface area is 186 Å². The van der Waals surface area contributed by atoms with Crippen molar-refractivity contribution in [3.63, 3.8) is 0 Å². The largest absolute Gasteiger partial charge is 0.478 e. The number of ether oxygens (including phenoxy) is 2. The zero-order valence-electron chi connectivity index (χ0n) is 18.8. The number of aromatic carboxylic acids is 1. The number of imidazole rings is 1. The number of nitrogens with zero attached hydrogens (tertiary/aromatic N) is 2. The summed E-state index contributed by atoms with van der Waals surface area (Å²) in [6.07, 6.45) is 2.00. The van der Waals surface area contributed by atoms with Crippen LogP contribution in [0.15, 0.2) is 24.3 Å². The van der Waals surface area contributed by atoms with Crippen LogP contribution >= 0.6 is 0 Å². The van der Waals surface area contributed by atoms with Crippen molar-refractivity contribution in [2.45, 2.75) is 58.6 Å². The summed E-state index contributed by atoms with van der Waals surface area (Å²) in [6, 6.07) is 5.72. The molecule has 9 nitrogen and oxygen atoms in total. The van der Waals surface area contributed by atoms with Crippen LogP contribution in [-0.2, 0) is 9.47 Å². The van der Waals surface area contributed by atoms with Crippen molar-refractivity contribution in [1.82, 2.24) is 14.9 Å². The van der Waals surface area contributed by atoms with Gasteiger partial charge in [-0.2, -0.15) is 0 Å². The fourth-order valence-electron chi connectivity index (χ4n) is 3.63. The highest BCUT2D eigenvalue weighted by atomic mass is 16.6. The summed E-state index contributed by atoms with van der Waals surface area (Å²) < 4.78 is 10.8. The van der Waals surface area contributed by atoms with Crippen molar-refractivity contribution in [3.05, 3.63) is 41.3 Å². The Balaban J connectivity index is 2.00. The number of hydrogen-bond donors (Lipinski definition) is 2. The third-order valence-electron chi connectivity index (χ3n) is 5.05. The van der Waals surface area contributed by atoms with Gasteiger partial charge >= 0.3 is 18.0 Å². The summed E-state index contributed by atoms with van der Waals surface area (Å²) >= 11 is 0. The number of benzene rings is 1. The minimum absolute atomic E-state index is 0.130. The number of hydrogen-bond acceptors (Lipinski definition) is 6. The van der Waals surface area contributed by atoms with Gasteiger partial charge in [-0.05, 0) is 59.1 Å². The van der Waals surface area contributed by atoms with Crippen LogP contribution in [0.4, 0.5) is 4.79 Å². The molecule has 1 aliphatic rings. The molecule has 1 unspecified atom stereocenters. The molecule has 1 aromatic heterocycles. The zero-order valence-corrected chi connectivity index (χ0v) is 18.8. The molecule has 1 amide bonds. The molecular formula is C23H29N3O6. The van der Waals surface area contributed by atoms with E-state index in [0.717, 1.165) is 12.8 Å². The Hall–Kier alpha value is -3.36. The molecule has 0 spiro atoms. The third kappa shape index (κ3) is 5.27. The average Bonchev–Trinajstić information content (AvgIpc) is 3.18. The first kappa shape index (κ1) is 23.3. The highest BCUT2D eigenvalue weighted by Gasteiger charge is 2.34. The monoisotopic (exact) mass is 443 g/mol. The van der Waals surface area contributed by atoms with Gasteiger partial charge in [0.25, 0.3) is 0 Å². The van der Waals surface area contributed by atoms with E-state index >= 15 is 0 Å². The van der Waals surface area contributed by atoms with Gasteiger partial charge in [0.2, 0.25) is 0 Å². The van der Waals surface area contributed by atoms with E-state index in [0.29, 0.717) is 30.0 Å². The van der Waals surface area contributed by atoms with Gasteiger partial charge in [-0.3, -0.25) is 4.90 Å². The number of carboxylic acids is 1. The molecule has 2 heterocycles. The van der Waals surface area contributed by atoms with Crippen molar-refractivity contribution in [2.24, 2.45) is 0 Å². The number of carbonyl (C=O) groups excluding carboxylic acids is 2. The predicted molar refractivity (Wildman–Crippen MR) is 116 cm³/mol. The van der Waals surface area contributed by atoms with Crippen LogP contribution in [0, 0.1) is 0 Å². The normalized spacial score (nSPS) is 16.5. The Morgan fingerprint density at radius 3 is 2.47 bits per heavy atom. The van der Waals surface area contributed by atoms with Crippen LogP contribution in [0.1, 0.15) is 79.7 Å². The maximum Gasteiger partial charge on any atom is 0.410 e. The quantitative estimate of drug-likeness (QED) is 0.656. The van der Waals surface area contributed by atoms with Gasteiger partial charge in [-0.15, -0.1) is 0 Å². The third-order valence-corrected chi connectivity index (χ3v) is 5.05. The van der Waals surface area contributed by atoms with E-state index < -0.39 is 23.6 Å². The highest BCUT2D eigenvalue weighted by Crippen LogP contribution is 2.33. The number of carbonyl (C=O) groups is 3. The van der Waals surface area contributed by atoms with E-state index in [1.165, 1.54) is 12.1 Å². The first-order valence-electron chi connectivity index (χ1n) is 10.7. The maximum atomic E-state index is 12.8. The van der Waals surface area contributed by atoms with E-state index in [9.17, 15) is 14.4 Å². The van der Waals surface area contributed by atoms with E-state index in [2.05, 4.69) is 9.97 Å². The second-order valence-corrected chi connectivity index (χ2v) is 8.63. The number of carboxylic acid groups (broad SMARTS) is 1. The van der Waals surface area contributed by atoms with Gasteiger partial charge in [0.05, 0.1) is 18.2 Å². The smallest absolute Gasteiger partial charge is 0.410 e. The molecule has 1 aromatic carbocycles. The Morgan fingerprint density at radius 2 is 1.88 bits per heavy atom. The molecule has 32 heavy (non-hydrogen) atoms. The molecule has 2 N–H and O–H groups in total. The standard InChI is InChI=1S/C23H29N3O6/c1-5-31-21(29)18-17(14-9-11-15(12-10-14)20(27)28)24-19(25-18)16-8-6-7-13-26(16)22(30)32-23(2,3)4/h9-12,16H,5-8,13H2,1-4H3,(H,24,25)(H,27,28). The van der Waals surface area contributed by atoms with E-state index in [1.807, 2.05) is 20.8 Å². The molecule has 0 bridgehead atoms. The summed E-state index contributed by atoms with van der Waals surface area (Å²) in [5.41, 5.74) is 0.588. The Morgan fingerprint density at radius 1 is 1.19 bits per heavy atom. The minimum Gasteiger partial charge on any atom is -0.478 e. The highest BCUT2D eigenvalue weighted by molar-refractivity contribution is 5.95. The number of H-pyrrole nitrogens is 1. The first-order valence-corrected chi connectivity index (χ1v) is 10.7. The molecule has 3 rings (SSSR count). The van der Waals surface area contributed by atoms with E-state index in [-0.39, 0.29) is 23.9 Å². The molecule has 172 valence electrons. The fraction of sp³-hybridized carbons (Fsp3) is 0.478. The SMILES string of the molecule is CCOC(=O)c1[nH]c(C2CCCCN2C(=O)OC(C)(C)C)nc1-c1ccc(C(=O)O)cc1. The first-order chi connectivity index (χ1) is 15.1. The fourth-order valence-corrected chi connectivity index (χ4v) is 3.63. The zero-order chi connectivity index (χ0) is 23.5. The lowest BCUT2D eigenvalue weighted by atomic mass is 10.0. The number of amides is 1. The van der Waals surface area contributed by atoms with Crippen LogP contribution < -0.4 is 0 Å². The second-order valence-electron chi connectivity index (χ2n) is 8.63. The molecule has 1 atom stereocenters. The Kier molecular flexibility index (Phi) is 6.86. The van der Waals surface area contributed by atoms with Gasteiger partial charge in [0.1, 0.15) is 17.1 Å². The summed E-state index contributed by atoms with van der Waals surface area (Å²) in [5, 5.41) is 9.15. The predicted octanol–water partition coefficient (Wildman–Crippen LogP) is 4.41. The topological polar surface area (TPSA) is 122 Å². The molecule has 0 aliphatic carbocycles. The number of esters is 1. The van der Waals surface area contributed by atoms with Crippen LogP contribution in [0.5, 0.6) is 0 Å². The summed E-state index contributed by atoms with van der Waals surface area (Å²) in [6.45, 7) is 7.87. The van der Waals surface area contributed by atoms with E-state index in [1.54, 1.807) is 24.0 Å². The summed E-state index contributed by atoms with van der Waals surface area (Å²) in [7, 11) is 0. The maximum absolute atomic E-state index is 12.8. The number of aromatic amines is 1. The van der Waals surface area contributed by atoms with Crippen molar-refractivity contribution in [1.29, 1.82) is 0 Å². The lowest BCUT2D eigenvalue weighted by Gasteiger charge is -2.35. The van der Waals surface area contributed by atoms with Gasteiger partial charge in [0, 0.05) is 12.1 Å². The van der Waals surface area contributed by atoms with Gasteiger partial charge in [-0.25, -0.2) is 19.4 Å². The van der Waals surface area contributed by atoms with Crippen LogP contribution in [0.25, 0.3) is 11.3 Å². The van der Waals surface area contributed by atoms with Gasteiger partial charge in [-0.1, -0.05) is 12.1 Å². The van der Waals surface area contributed by atoms with Gasteiger partial charge < -0.3 is 19.6 Å². The number of nitrogens with one attached hydrogen (secondary N) is 1. The number of rotatable bonds is 5. The molecule has 1 aliphatic heterocycles. The lowest BCUT2D eigenvalue weighted by molar-refractivity contribution is 0.00852. The average molecular weight is 444 g/mol. The van der Waals surface area contributed by atoms with Crippen LogP contribution in [0.2, 0.25) is 0 Å². The van der Waals surface area contributed by atoms with E-state index in [4.69, 9.17) is 14.6 Å². The van der Waals surface area contributed by atoms with Crippen molar-refractivity contribution in [3.8, 4) is 11.3 Å². The molecule has 9 heteroatoms. The Bertz CT molecular complexity index is 990. The molecule has 1 saturated heterocycles. The van der Waals surface area contributed by atoms with Crippen molar-refractivity contribution in [2.75, 3.05) is 13.2 Å². The molecule has 0 saturated carbocycles. The van der Waals surface area contributed by atoms with Crippen LogP contribution in [0.3, 0.4) is 0 Å².